The van der Waals surface area contributed by atoms with E-state index in [1.165, 1.54) is 186 Å². The first-order chi connectivity index (χ1) is 19.2. The molecule has 0 aromatic rings. The van der Waals surface area contributed by atoms with Gasteiger partial charge in [0.2, 0.25) is 0 Å². The number of thioether (sulfide) groups is 1. The Hall–Kier alpha value is 2.14. The van der Waals surface area contributed by atoms with Gasteiger partial charge in [0.05, 0.1) is 0 Å². The summed E-state index contributed by atoms with van der Waals surface area (Å²) in [6.07, 6.45) is 41.7. The van der Waals surface area contributed by atoms with Crippen molar-refractivity contribution in [2.24, 2.45) is 11.8 Å². The molecule has 0 saturated heterocycles. The molecule has 0 heterocycles. The molecule has 0 bridgehead atoms. The van der Waals surface area contributed by atoms with Crippen LogP contribution in [-0.2, 0) is 34.1 Å². The van der Waals surface area contributed by atoms with Crippen LogP contribution in [0.1, 0.15) is 194 Å². The summed E-state index contributed by atoms with van der Waals surface area (Å²) in [4.78, 5) is 0. The second-order valence-electron chi connectivity index (χ2n) is 12.9. The summed E-state index contributed by atoms with van der Waals surface area (Å²) in [5.74, 6) is 4.65. The van der Waals surface area contributed by atoms with Gasteiger partial charge in [0.25, 0.3) is 0 Å². The normalized spacial score (nSPS) is 17.5. The van der Waals surface area contributed by atoms with Gasteiger partial charge in [-0.15, -0.1) is 0 Å². The molecule has 0 unspecified atom stereocenters. The van der Waals surface area contributed by atoms with E-state index in [4.69, 9.17) is 4.35 Å². The first-order valence-electron chi connectivity index (χ1n) is 17.7. The van der Waals surface area contributed by atoms with Gasteiger partial charge in [0, 0.05) is 42.6 Å². The monoisotopic (exact) mass is 719 g/mol. The van der Waals surface area contributed by atoms with Gasteiger partial charge in [0.15, 0.2) is 0 Å². The summed E-state index contributed by atoms with van der Waals surface area (Å²) < 4.78 is 5.67. The molecule has 0 atom stereocenters. The van der Waals surface area contributed by atoms with Crippen molar-refractivity contribution in [1.82, 2.24) is 0 Å². The second kappa shape index (κ2) is 43.1. The molecule has 0 spiro atoms. The Balaban J connectivity index is -0.000000238. The Labute approximate surface area is 307 Å². The molecular weight excluding hydrogens is 648 g/mol. The summed E-state index contributed by atoms with van der Waals surface area (Å²) >= 11 is 7.99. The predicted octanol–water partition coefficient (Wildman–Crippen LogP) is 12.8. The van der Waals surface area contributed by atoms with Crippen molar-refractivity contribution in [3.63, 3.8) is 0 Å². The van der Waals surface area contributed by atoms with Gasteiger partial charge < -0.3 is 0 Å². The van der Waals surface area contributed by atoms with Crippen LogP contribution in [0.3, 0.4) is 0 Å². The topological polar surface area (TPSA) is 23.9 Å². The van der Waals surface area contributed by atoms with Crippen LogP contribution in [0.2, 0.25) is 0 Å². The summed E-state index contributed by atoms with van der Waals surface area (Å²) in [5.41, 5.74) is 0. The zero-order chi connectivity index (χ0) is 28.7. The van der Waals surface area contributed by atoms with Crippen molar-refractivity contribution < 1.29 is 34.1 Å². The van der Waals surface area contributed by atoms with Crippen molar-refractivity contribution in [3.8, 4) is 0 Å². The quantitative estimate of drug-likeness (QED) is 0.104. The Morgan fingerprint density at radius 3 is 1.17 bits per heavy atom. The standard InChI is InChI=1S/C14H28S.C11H22S.2C5H10.Al.B.2Fe.HN/c1-13(2)15-12-8-4-3-5-9-14-10-6-7-11-14;12-10-6-2-1-3-7-11-8-4-5-9-11;2*1-2-4-5-3-1;;;;;/h13-14H,3-12H2,1-2H3;11-12H,1-10H2;2*1-5H2;;;;;1H. The molecule has 4 rings (SSSR count). The molecule has 0 amide bonds. The van der Waals surface area contributed by atoms with Crippen LogP contribution in [0.25, 0.3) is 0 Å². The maximum absolute atomic E-state index is 5.67. The van der Waals surface area contributed by atoms with Gasteiger partial charge in [-0.05, 0) is 41.4 Å². The zero-order valence-corrected chi connectivity index (χ0v) is 33.2. The molecule has 4 aliphatic rings. The summed E-state index contributed by atoms with van der Waals surface area (Å²) in [6, 6.07) is 0. The van der Waals surface area contributed by atoms with E-state index in [2.05, 4.69) is 38.2 Å². The number of hydrogen-bond donors (Lipinski definition) is 2. The van der Waals surface area contributed by atoms with Crippen molar-refractivity contribution in [3.05, 3.63) is 0 Å². The third kappa shape index (κ3) is 38.3. The maximum atomic E-state index is 5.67. The van der Waals surface area contributed by atoms with Crippen LogP contribution in [0.5, 0.6) is 0 Å². The third-order valence-electron chi connectivity index (χ3n) is 8.93. The van der Waals surface area contributed by atoms with Gasteiger partial charge in [-0.3, -0.25) is 0 Å². The number of thiol groups is 1. The van der Waals surface area contributed by atoms with Crippen LogP contribution in [0, 0.1) is 16.2 Å². The molecule has 250 valence electrons. The zero-order valence-electron chi connectivity index (χ0n) is 28.2. The number of hydrogen-bond acceptors (Lipinski definition) is 3. The number of unbranched alkanes of at least 4 members (excludes halogenated alkanes) is 6. The van der Waals surface area contributed by atoms with Crippen LogP contribution in [-0.4, -0.2) is 41.3 Å². The number of rotatable bonds is 14. The van der Waals surface area contributed by atoms with Crippen LogP contribution < -0.4 is 0 Å². The van der Waals surface area contributed by atoms with Gasteiger partial charge >= 0.3 is 20.4 Å². The fourth-order valence-corrected chi connectivity index (χ4v) is 7.54. The molecule has 4 aliphatic carbocycles. The first-order valence-corrected chi connectivity index (χ1v) is 20.0. The van der Waals surface area contributed by atoms with Crippen LogP contribution in [0.4, 0.5) is 0 Å². The van der Waals surface area contributed by atoms with Crippen LogP contribution >= 0.6 is 24.4 Å². The van der Waals surface area contributed by atoms with Crippen molar-refractivity contribution in [2.75, 3.05) is 11.5 Å². The van der Waals surface area contributed by atoms with E-state index in [0.29, 0.717) is 0 Å². The van der Waals surface area contributed by atoms with E-state index in [9.17, 15) is 0 Å². The molecule has 0 aromatic heterocycles. The molecule has 4 fully saturated rings. The molecule has 4 saturated carbocycles. The number of nitrogens with one attached hydrogen (secondary N) is 1. The van der Waals surface area contributed by atoms with Gasteiger partial charge in [-0.2, -0.15) is 24.4 Å². The fraction of sp³-hybridized carbons (Fsp3) is 1.00. The van der Waals surface area contributed by atoms with E-state index in [-0.39, 0.29) is 42.6 Å². The molecule has 0 aliphatic heterocycles. The molecule has 0 aromatic carbocycles. The Bertz CT molecular complexity index is 435. The molecular formula is C35H71AlBFe2NS2. The van der Waals surface area contributed by atoms with E-state index >= 15 is 0 Å². The fourth-order valence-electron chi connectivity index (χ4n) is 6.47. The van der Waals surface area contributed by atoms with E-state index in [0.717, 1.165) is 22.8 Å². The molecule has 4 radical (unpaired) electrons. The van der Waals surface area contributed by atoms with E-state index in [1.54, 1.807) is 16.1 Å². The van der Waals surface area contributed by atoms with E-state index < -0.39 is 0 Å². The van der Waals surface area contributed by atoms with Crippen molar-refractivity contribution >= 4 is 48.9 Å². The minimum absolute atomic E-state index is 0. The third-order valence-corrected chi connectivity index (χ3v) is 10.4. The first kappa shape index (κ1) is 51.0. The summed E-state index contributed by atoms with van der Waals surface area (Å²) in [6.45, 7) is 4.59. The Morgan fingerprint density at radius 1 is 0.548 bits per heavy atom. The molecule has 7 heteroatoms. The van der Waals surface area contributed by atoms with Crippen molar-refractivity contribution in [2.45, 2.75) is 199 Å². The average molecular weight is 720 g/mol. The van der Waals surface area contributed by atoms with Crippen molar-refractivity contribution in [1.29, 1.82) is 4.35 Å². The molecule has 1 nitrogen and oxygen atoms in total. The van der Waals surface area contributed by atoms with E-state index in [1.807, 2.05) is 0 Å². The average Bonchev–Trinajstić information content (AvgIpc) is 3.79. The summed E-state index contributed by atoms with van der Waals surface area (Å²) in [5, 5.41) is 0.823. The SMILES string of the molecule is C1CCCC1.C1CCCC1.CC(C)SCCCCCCC1CCCC1.SCCCCCCC1CCCC1.[B].[Fe].[Fe].[NH]=[Al]. The Morgan fingerprint density at radius 2 is 0.857 bits per heavy atom. The predicted molar refractivity (Wildman–Crippen MR) is 192 cm³/mol. The second-order valence-corrected chi connectivity index (χ2v) is 15.0. The Kier molecular flexibility index (Phi) is 52.4. The molecule has 42 heavy (non-hydrogen) atoms. The molecule has 1 N–H and O–H groups in total. The summed E-state index contributed by atoms with van der Waals surface area (Å²) in [7, 11) is 0. The van der Waals surface area contributed by atoms with Crippen LogP contribution in [0.15, 0.2) is 0 Å². The van der Waals surface area contributed by atoms with Gasteiger partial charge in [0.1, 0.15) is 0 Å². The van der Waals surface area contributed by atoms with Gasteiger partial charge in [-0.1, -0.05) is 181 Å². The minimum atomic E-state index is 0. The van der Waals surface area contributed by atoms with Gasteiger partial charge in [-0.25, -0.2) is 0 Å².